The molecule has 1 heterocycles. The van der Waals surface area contributed by atoms with Crippen LogP contribution in [0.4, 0.5) is 0 Å². The minimum absolute atomic E-state index is 1.24. The maximum absolute atomic E-state index is 2.23. The first-order valence-corrected chi connectivity index (χ1v) is 4.39. The fourth-order valence-electron chi connectivity index (χ4n) is 1.26. The first-order valence-electron chi connectivity index (χ1n) is 4.39. The molecule has 0 radical (unpaired) electrons. The molecule has 1 heteroatoms. The van der Waals surface area contributed by atoms with Gasteiger partial charge in [0.25, 0.3) is 0 Å². The Hall–Kier alpha value is -0.585. The van der Waals surface area contributed by atoms with E-state index in [1.165, 1.54) is 30.3 Å². The van der Waals surface area contributed by atoms with E-state index >= 15 is 0 Å². The van der Waals surface area contributed by atoms with Crippen LogP contribution in [0.3, 0.4) is 0 Å². The molecule has 11 heavy (non-hydrogen) atoms. The van der Waals surface area contributed by atoms with Crippen LogP contribution in [0, 0.1) is 6.92 Å². The molecule has 0 aliphatic rings. The van der Waals surface area contributed by atoms with Gasteiger partial charge in [-0.15, -0.1) is 0 Å². The van der Waals surface area contributed by atoms with E-state index in [-0.39, 0.29) is 0 Å². The van der Waals surface area contributed by atoms with Gasteiger partial charge in [0.2, 0.25) is 0 Å². The van der Waals surface area contributed by atoms with Gasteiger partial charge in [0.05, 0.1) is 0 Å². The topological polar surface area (TPSA) is 0 Å². The third-order valence-electron chi connectivity index (χ3n) is 2.06. The van der Waals surface area contributed by atoms with Gasteiger partial charge >= 0.3 is 69.1 Å². The van der Waals surface area contributed by atoms with E-state index in [2.05, 4.69) is 38.9 Å². The zero-order valence-electron chi connectivity index (χ0n) is 7.43. The average molecular weight is 146 g/mol. The first kappa shape index (κ1) is 8.51. The van der Waals surface area contributed by atoms with Crippen molar-refractivity contribution in [2.75, 3.05) is 0 Å². The fourth-order valence-corrected chi connectivity index (χ4v) is 1.26. The van der Waals surface area contributed by atoms with Gasteiger partial charge < -0.3 is 0 Å². The summed E-state index contributed by atoms with van der Waals surface area (Å²) in [6, 6.07) is 4.29. The zero-order valence-corrected chi connectivity index (χ0v) is 7.43. The molecule has 1 rings (SSSR count). The second-order valence-corrected chi connectivity index (χ2v) is 3.03. The molecular formula is C10H15B. The molecule has 0 unspecified atom stereocenters. The van der Waals surface area contributed by atoms with Crippen molar-refractivity contribution in [1.82, 2.24) is 0 Å². The Morgan fingerprint density at radius 1 is 1.45 bits per heavy atom. The summed E-state index contributed by atoms with van der Waals surface area (Å²) in [7, 11) is 0. The number of aryl methyl sites for hydroxylation is 2. The second kappa shape index (κ2) is 4.33. The Morgan fingerprint density at radius 2 is 2.27 bits per heavy atom. The molecule has 0 N–H and O–H groups in total. The molecule has 0 fully saturated rings. The summed E-state index contributed by atoms with van der Waals surface area (Å²) in [6.45, 7) is 6.65. The van der Waals surface area contributed by atoms with Gasteiger partial charge in [-0.05, 0) is 0 Å². The van der Waals surface area contributed by atoms with Crippen LogP contribution in [-0.2, 0) is 6.42 Å². The summed E-state index contributed by atoms with van der Waals surface area (Å²) in [4.78, 5) is 0. The van der Waals surface area contributed by atoms with Gasteiger partial charge in [0.1, 0.15) is 0 Å². The van der Waals surface area contributed by atoms with E-state index in [0.717, 1.165) is 0 Å². The van der Waals surface area contributed by atoms with E-state index in [1.54, 1.807) is 0 Å². The van der Waals surface area contributed by atoms with Crippen LogP contribution in [0.15, 0.2) is 18.1 Å². The normalized spacial score (nSPS) is 9.64. The Balaban J connectivity index is 2.62. The van der Waals surface area contributed by atoms with Crippen LogP contribution >= 0.6 is 0 Å². The van der Waals surface area contributed by atoms with Crippen molar-refractivity contribution in [3.63, 3.8) is 0 Å². The van der Waals surface area contributed by atoms with Crippen molar-refractivity contribution in [1.29, 1.82) is 0 Å². The van der Waals surface area contributed by atoms with Crippen LogP contribution in [0.5, 0.6) is 0 Å². The number of unbranched alkanes of at least 4 members (excludes halogenated alkanes) is 1. The summed E-state index contributed by atoms with van der Waals surface area (Å²) >= 11 is 0. The van der Waals surface area contributed by atoms with Crippen LogP contribution < -0.4 is 0 Å². The summed E-state index contributed by atoms with van der Waals surface area (Å²) in [5.41, 5.74) is 2.94. The Morgan fingerprint density at radius 3 is 2.91 bits per heavy atom. The molecule has 0 saturated carbocycles. The monoisotopic (exact) mass is 146 g/mol. The molecule has 0 aliphatic heterocycles. The zero-order chi connectivity index (χ0) is 8.10. The van der Waals surface area contributed by atoms with Crippen molar-refractivity contribution in [3.8, 4) is 0 Å². The van der Waals surface area contributed by atoms with E-state index in [1.807, 2.05) is 0 Å². The van der Waals surface area contributed by atoms with Crippen molar-refractivity contribution in [3.05, 3.63) is 29.1 Å². The molecule has 0 amide bonds. The molecule has 0 aromatic carbocycles. The Labute approximate surface area is 69.9 Å². The van der Waals surface area contributed by atoms with Gasteiger partial charge in [-0.1, -0.05) is 0 Å². The van der Waals surface area contributed by atoms with Crippen LogP contribution in [0.1, 0.15) is 30.8 Å². The number of rotatable bonds is 3. The Kier molecular flexibility index (Phi) is 3.35. The van der Waals surface area contributed by atoms with Gasteiger partial charge in [-0.2, -0.15) is 0 Å². The summed E-state index contributed by atoms with van der Waals surface area (Å²) < 4.78 is 0. The second-order valence-electron chi connectivity index (χ2n) is 3.03. The number of hydrogen-bond donors (Lipinski definition) is 0. The Bertz CT molecular complexity index is 218. The van der Waals surface area contributed by atoms with E-state index in [4.69, 9.17) is 0 Å². The third-order valence-corrected chi connectivity index (χ3v) is 2.06. The predicted molar refractivity (Wildman–Crippen MR) is 51.1 cm³/mol. The standard InChI is InChI=1S/C10H15B/c1-3-4-7-10-9(2)6-5-8-11-10/h5-6,8H,3-4,7H2,1-2H3. The van der Waals surface area contributed by atoms with Gasteiger partial charge in [0.15, 0.2) is 0 Å². The third kappa shape index (κ3) is 2.49. The molecule has 0 saturated heterocycles. The van der Waals surface area contributed by atoms with E-state index in [9.17, 15) is 0 Å². The predicted octanol–water partition coefficient (Wildman–Crippen LogP) is 2.68. The van der Waals surface area contributed by atoms with Crippen molar-refractivity contribution < 1.29 is 0 Å². The summed E-state index contributed by atoms with van der Waals surface area (Å²) in [5, 5.41) is 0. The summed E-state index contributed by atoms with van der Waals surface area (Å²) in [5.74, 6) is 2.12. The molecule has 1 aromatic heterocycles. The molecule has 0 nitrogen and oxygen atoms in total. The SMILES string of the molecule is CCCCc1bcccc1C. The van der Waals surface area contributed by atoms with Crippen molar-refractivity contribution in [2.24, 2.45) is 0 Å². The van der Waals surface area contributed by atoms with Crippen LogP contribution in [-0.4, -0.2) is 6.91 Å². The molecular weight excluding hydrogens is 131 g/mol. The maximum atomic E-state index is 2.23. The molecule has 58 valence electrons. The van der Waals surface area contributed by atoms with Crippen molar-refractivity contribution in [2.45, 2.75) is 33.1 Å². The van der Waals surface area contributed by atoms with Crippen molar-refractivity contribution >= 4 is 6.91 Å². The molecule has 1 aromatic rings. The molecule has 0 aliphatic carbocycles. The van der Waals surface area contributed by atoms with Crippen LogP contribution in [0.25, 0.3) is 0 Å². The fraction of sp³-hybridized carbons (Fsp3) is 0.500. The van der Waals surface area contributed by atoms with Crippen LogP contribution in [0.2, 0.25) is 0 Å². The molecule has 0 bridgehead atoms. The van der Waals surface area contributed by atoms with Gasteiger partial charge in [-0.25, -0.2) is 0 Å². The molecule has 0 spiro atoms. The van der Waals surface area contributed by atoms with E-state index < -0.39 is 0 Å². The van der Waals surface area contributed by atoms with Gasteiger partial charge in [0, 0.05) is 0 Å². The first-order chi connectivity index (χ1) is 5.34. The van der Waals surface area contributed by atoms with Gasteiger partial charge in [-0.3, -0.25) is 0 Å². The minimum atomic E-state index is 1.24. The van der Waals surface area contributed by atoms with E-state index in [0.29, 0.717) is 0 Å². The summed E-state index contributed by atoms with van der Waals surface area (Å²) in [6.07, 6.45) is 3.84. The quantitative estimate of drug-likeness (QED) is 0.614. The molecule has 0 atom stereocenters. The average Bonchev–Trinajstić information content (AvgIpc) is 2.03. The number of hydrogen-bond acceptors (Lipinski definition) is 0.